The molecule has 0 atom stereocenters. The van der Waals surface area contributed by atoms with Crippen LogP contribution in [0.2, 0.25) is 0 Å². The van der Waals surface area contributed by atoms with E-state index in [9.17, 15) is 5.11 Å². The van der Waals surface area contributed by atoms with Crippen molar-refractivity contribution in [1.29, 1.82) is 0 Å². The maximum Gasteiger partial charge on any atom is 0.154 e. The maximum atomic E-state index is 9.63. The number of nitrogens with zero attached hydrogens (tertiary/aromatic N) is 3. The number of nitrogens with one attached hydrogen (secondary N) is 1. The minimum atomic E-state index is -0.142. The van der Waals surface area contributed by atoms with Gasteiger partial charge in [0.15, 0.2) is 5.65 Å². The quantitative estimate of drug-likeness (QED) is 0.765. The van der Waals surface area contributed by atoms with E-state index in [0.717, 1.165) is 48.4 Å². The molecule has 2 N–H and O–H groups in total. The number of fused-ring (bicyclic) bond motifs is 1. The summed E-state index contributed by atoms with van der Waals surface area (Å²) in [6, 6.07) is 14.5. The maximum absolute atomic E-state index is 9.63. The molecule has 25 heavy (non-hydrogen) atoms. The van der Waals surface area contributed by atoms with Gasteiger partial charge < -0.3 is 10.4 Å². The van der Waals surface area contributed by atoms with Gasteiger partial charge >= 0.3 is 0 Å². The first-order valence-corrected chi connectivity index (χ1v) is 8.80. The summed E-state index contributed by atoms with van der Waals surface area (Å²) in [5, 5.41) is 17.8. The van der Waals surface area contributed by atoms with Crippen LogP contribution >= 0.6 is 0 Å². The van der Waals surface area contributed by atoms with Gasteiger partial charge in [0.25, 0.3) is 0 Å². The molecule has 0 spiro atoms. The van der Waals surface area contributed by atoms with Crippen molar-refractivity contribution in [2.75, 3.05) is 5.32 Å². The fourth-order valence-electron chi connectivity index (χ4n) is 3.26. The van der Waals surface area contributed by atoms with Gasteiger partial charge in [0.05, 0.1) is 18.0 Å². The van der Waals surface area contributed by atoms with Gasteiger partial charge in [0, 0.05) is 6.04 Å². The highest BCUT2D eigenvalue weighted by atomic mass is 16.3. The molecule has 2 aromatic heterocycles. The van der Waals surface area contributed by atoms with Crippen LogP contribution in [0.25, 0.3) is 17.8 Å². The van der Waals surface area contributed by atoms with Crippen LogP contribution in [0.3, 0.4) is 0 Å². The first kappa shape index (κ1) is 15.8. The highest BCUT2D eigenvalue weighted by molar-refractivity contribution is 5.69. The van der Waals surface area contributed by atoms with E-state index in [1.807, 2.05) is 47.1 Å². The molecule has 0 saturated heterocycles. The highest BCUT2D eigenvalue weighted by Crippen LogP contribution is 2.21. The van der Waals surface area contributed by atoms with Gasteiger partial charge in [0.2, 0.25) is 0 Å². The van der Waals surface area contributed by atoms with Crippen molar-refractivity contribution in [2.45, 2.75) is 37.8 Å². The SMILES string of the molecule is OC1CCC(Nc2ccc3ncc(/C=C/c4ccccc4)n3n2)CC1. The largest absolute Gasteiger partial charge is 0.393 e. The number of aromatic nitrogens is 3. The number of rotatable bonds is 4. The molecule has 0 radical (unpaired) electrons. The molecule has 1 aromatic carbocycles. The normalized spacial score (nSPS) is 21.0. The van der Waals surface area contributed by atoms with Gasteiger partial charge in [-0.05, 0) is 49.5 Å². The number of aliphatic hydroxyl groups is 1. The smallest absolute Gasteiger partial charge is 0.154 e. The fourth-order valence-corrected chi connectivity index (χ4v) is 3.26. The predicted octanol–water partition coefficient (Wildman–Crippen LogP) is 3.62. The molecule has 5 heteroatoms. The van der Waals surface area contributed by atoms with Crippen molar-refractivity contribution in [3.63, 3.8) is 0 Å². The van der Waals surface area contributed by atoms with E-state index in [-0.39, 0.29) is 6.10 Å². The lowest BCUT2D eigenvalue weighted by Gasteiger charge is -2.26. The Kier molecular flexibility index (Phi) is 4.48. The summed E-state index contributed by atoms with van der Waals surface area (Å²) in [5.41, 5.74) is 2.92. The van der Waals surface area contributed by atoms with E-state index in [1.165, 1.54) is 0 Å². The van der Waals surface area contributed by atoms with E-state index in [0.29, 0.717) is 6.04 Å². The Morgan fingerprint density at radius 1 is 1.00 bits per heavy atom. The Morgan fingerprint density at radius 3 is 2.60 bits per heavy atom. The summed E-state index contributed by atoms with van der Waals surface area (Å²) in [6.45, 7) is 0. The third-order valence-corrected chi connectivity index (χ3v) is 4.68. The van der Waals surface area contributed by atoms with Gasteiger partial charge in [-0.25, -0.2) is 9.50 Å². The molecule has 2 heterocycles. The number of aliphatic hydroxyl groups excluding tert-OH is 1. The summed E-state index contributed by atoms with van der Waals surface area (Å²) in [4.78, 5) is 4.42. The fraction of sp³-hybridized carbons (Fsp3) is 0.300. The lowest BCUT2D eigenvalue weighted by atomic mass is 9.93. The van der Waals surface area contributed by atoms with E-state index in [1.54, 1.807) is 0 Å². The summed E-state index contributed by atoms with van der Waals surface area (Å²) >= 11 is 0. The molecule has 0 unspecified atom stereocenters. The number of hydrogen-bond acceptors (Lipinski definition) is 4. The van der Waals surface area contributed by atoms with Crippen LogP contribution in [0.5, 0.6) is 0 Å². The van der Waals surface area contributed by atoms with Crippen molar-refractivity contribution < 1.29 is 5.11 Å². The van der Waals surface area contributed by atoms with Crippen molar-refractivity contribution in [1.82, 2.24) is 14.6 Å². The lowest BCUT2D eigenvalue weighted by Crippen LogP contribution is -2.28. The Balaban J connectivity index is 1.54. The Morgan fingerprint density at radius 2 is 1.80 bits per heavy atom. The van der Waals surface area contributed by atoms with Crippen molar-refractivity contribution in [3.8, 4) is 0 Å². The minimum absolute atomic E-state index is 0.142. The Labute approximate surface area is 147 Å². The van der Waals surface area contributed by atoms with Gasteiger partial charge in [-0.15, -0.1) is 5.10 Å². The van der Waals surface area contributed by atoms with Gasteiger partial charge in [-0.1, -0.05) is 36.4 Å². The first-order chi connectivity index (χ1) is 12.3. The molecule has 5 nitrogen and oxygen atoms in total. The summed E-state index contributed by atoms with van der Waals surface area (Å²) in [7, 11) is 0. The topological polar surface area (TPSA) is 62.5 Å². The highest BCUT2D eigenvalue weighted by Gasteiger charge is 2.19. The minimum Gasteiger partial charge on any atom is -0.393 e. The van der Waals surface area contributed by atoms with Crippen LogP contribution in [-0.2, 0) is 0 Å². The van der Waals surface area contributed by atoms with E-state index in [4.69, 9.17) is 0 Å². The van der Waals surface area contributed by atoms with Crippen molar-refractivity contribution in [3.05, 3.63) is 59.9 Å². The molecule has 1 aliphatic rings. The zero-order chi connectivity index (χ0) is 17.1. The molecule has 3 aromatic rings. The second-order valence-electron chi connectivity index (χ2n) is 6.57. The second-order valence-corrected chi connectivity index (χ2v) is 6.57. The number of benzene rings is 1. The molecular weight excluding hydrogens is 312 g/mol. The monoisotopic (exact) mass is 334 g/mol. The van der Waals surface area contributed by atoms with Crippen LogP contribution in [0, 0.1) is 0 Å². The van der Waals surface area contributed by atoms with E-state index >= 15 is 0 Å². The first-order valence-electron chi connectivity index (χ1n) is 8.80. The lowest BCUT2D eigenvalue weighted by molar-refractivity contribution is 0.126. The van der Waals surface area contributed by atoms with Crippen LogP contribution in [0.1, 0.15) is 36.9 Å². The van der Waals surface area contributed by atoms with E-state index in [2.05, 4.69) is 33.6 Å². The van der Waals surface area contributed by atoms with Crippen LogP contribution in [-0.4, -0.2) is 31.9 Å². The molecule has 128 valence electrons. The number of anilines is 1. The molecule has 1 fully saturated rings. The molecular formula is C20H22N4O. The van der Waals surface area contributed by atoms with Crippen LogP contribution in [0.15, 0.2) is 48.7 Å². The van der Waals surface area contributed by atoms with Crippen molar-refractivity contribution in [2.24, 2.45) is 0 Å². The zero-order valence-corrected chi connectivity index (χ0v) is 14.0. The average Bonchev–Trinajstić information content (AvgIpc) is 3.05. The zero-order valence-electron chi connectivity index (χ0n) is 14.0. The third kappa shape index (κ3) is 3.72. The summed E-state index contributed by atoms with van der Waals surface area (Å²) in [5.74, 6) is 0.848. The van der Waals surface area contributed by atoms with Crippen LogP contribution in [0.4, 0.5) is 5.82 Å². The summed E-state index contributed by atoms with van der Waals surface area (Å²) in [6.07, 6.45) is 9.46. The molecule has 0 amide bonds. The van der Waals surface area contributed by atoms with Crippen molar-refractivity contribution >= 4 is 23.6 Å². The van der Waals surface area contributed by atoms with Gasteiger partial charge in [-0.3, -0.25) is 0 Å². The molecule has 4 rings (SSSR count). The standard InChI is InChI=1S/C20H22N4O/c25-18-10-7-16(8-11-18)22-19-12-13-20-21-14-17(24(20)23-19)9-6-15-4-2-1-3-5-15/h1-6,9,12-14,16,18,25H,7-8,10-11H2,(H,22,23)/b9-6+. The molecule has 1 aliphatic carbocycles. The molecule has 0 aliphatic heterocycles. The second kappa shape index (κ2) is 7.07. The Hall–Kier alpha value is -2.66. The van der Waals surface area contributed by atoms with Gasteiger partial charge in [-0.2, -0.15) is 0 Å². The van der Waals surface area contributed by atoms with Crippen LogP contribution < -0.4 is 5.32 Å². The third-order valence-electron chi connectivity index (χ3n) is 4.68. The van der Waals surface area contributed by atoms with E-state index < -0.39 is 0 Å². The number of hydrogen-bond donors (Lipinski definition) is 2. The predicted molar refractivity (Wildman–Crippen MR) is 100 cm³/mol. The molecule has 1 saturated carbocycles. The molecule has 0 bridgehead atoms. The Bertz CT molecular complexity index is 864. The number of imidazole rings is 1. The van der Waals surface area contributed by atoms with Gasteiger partial charge in [0.1, 0.15) is 5.82 Å². The summed E-state index contributed by atoms with van der Waals surface area (Å²) < 4.78 is 1.86. The average molecular weight is 334 g/mol.